The van der Waals surface area contributed by atoms with Crippen LogP contribution in [-0.2, 0) is 6.54 Å². The standard InChI is InChI=1S/C17H21F2N3O2/c1-2-12-6-5-9-22(10-12)11-15-20-16(21-24-15)13-7-3-4-8-14(13)23-17(18)19/h3-4,7-8,12,17H,2,5-6,9-11H2,1H3. The first-order valence-corrected chi connectivity index (χ1v) is 8.25. The summed E-state index contributed by atoms with van der Waals surface area (Å²) in [5.74, 6) is 1.52. The van der Waals surface area contributed by atoms with Gasteiger partial charge in [-0.15, -0.1) is 0 Å². The topological polar surface area (TPSA) is 51.4 Å². The Balaban J connectivity index is 1.72. The Kier molecular flexibility index (Phi) is 5.40. The summed E-state index contributed by atoms with van der Waals surface area (Å²) in [6, 6.07) is 6.45. The highest BCUT2D eigenvalue weighted by molar-refractivity contribution is 5.63. The van der Waals surface area contributed by atoms with E-state index in [2.05, 4.69) is 26.7 Å². The third kappa shape index (κ3) is 4.08. The molecule has 0 spiro atoms. The predicted octanol–water partition coefficient (Wildman–Crippen LogP) is 3.96. The number of rotatable bonds is 6. The van der Waals surface area contributed by atoms with Gasteiger partial charge >= 0.3 is 6.61 Å². The minimum atomic E-state index is -2.89. The van der Waals surface area contributed by atoms with E-state index >= 15 is 0 Å². The lowest BCUT2D eigenvalue weighted by Gasteiger charge is -2.30. The highest BCUT2D eigenvalue weighted by Crippen LogP contribution is 2.29. The van der Waals surface area contributed by atoms with E-state index in [0.29, 0.717) is 23.9 Å². The first kappa shape index (κ1) is 16.8. The lowest BCUT2D eigenvalue weighted by molar-refractivity contribution is -0.0494. The van der Waals surface area contributed by atoms with Crippen molar-refractivity contribution < 1.29 is 18.0 Å². The van der Waals surface area contributed by atoms with Crippen LogP contribution in [0.2, 0.25) is 0 Å². The number of ether oxygens (including phenoxy) is 1. The van der Waals surface area contributed by atoms with Crippen molar-refractivity contribution in [3.05, 3.63) is 30.2 Å². The monoisotopic (exact) mass is 337 g/mol. The van der Waals surface area contributed by atoms with E-state index in [-0.39, 0.29) is 11.6 Å². The third-order valence-corrected chi connectivity index (χ3v) is 4.35. The SMILES string of the molecule is CCC1CCCN(Cc2nc(-c3ccccc3OC(F)F)no2)C1. The van der Waals surface area contributed by atoms with Crippen molar-refractivity contribution in [3.63, 3.8) is 0 Å². The Morgan fingerprint density at radius 2 is 2.21 bits per heavy atom. The van der Waals surface area contributed by atoms with E-state index < -0.39 is 6.61 Å². The van der Waals surface area contributed by atoms with E-state index in [1.807, 2.05) is 0 Å². The second-order valence-electron chi connectivity index (χ2n) is 6.04. The van der Waals surface area contributed by atoms with Gasteiger partial charge in [-0.2, -0.15) is 13.8 Å². The van der Waals surface area contributed by atoms with Gasteiger partial charge in [0.2, 0.25) is 11.7 Å². The molecule has 3 rings (SSSR count). The molecular weight excluding hydrogens is 316 g/mol. The minimum Gasteiger partial charge on any atom is -0.434 e. The molecule has 0 N–H and O–H groups in total. The van der Waals surface area contributed by atoms with Gasteiger partial charge in [0.05, 0.1) is 12.1 Å². The molecule has 1 atom stereocenters. The highest BCUT2D eigenvalue weighted by atomic mass is 19.3. The van der Waals surface area contributed by atoms with E-state index in [0.717, 1.165) is 13.1 Å². The molecule has 1 aliphatic heterocycles. The zero-order valence-electron chi connectivity index (χ0n) is 13.6. The summed E-state index contributed by atoms with van der Waals surface area (Å²) in [6.07, 6.45) is 3.61. The summed E-state index contributed by atoms with van der Waals surface area (Å²) in [5.41, 5.74) is 0.401. The van der Waals surface area contributed by atoms with Crippen LogP contribution < -0.4 is 4.74 Å². The lowest BCUT2D eigenvalue weighted by atomic mass is 9.96. The molecule has 1 fully saturated rings. The highest BCUT2D eigenvalue weighted by Gasteiger charge is 2.21. The van der Waals surface area contributed by atoms with Gasteiger partial charge in [0.25, 0.3) is 0 Å². The van der Waals surface area contributed by atoms with Gasteiger partial charge in [0.15, 0.2) is 0 Å². The molecule has 1 unspecified atom stereocenters. The van der Waals surface area contributed by atoms with Crippen molar-refractivity contribution >= 4 is 0 Å². The Morgan fingerprint density at radius 3 is 3.00 bits per heavy atom. The molecule has 2 heterocycles. The van der Waals surface area contributed by atoms with Crippen LogP contribution in [0, 0.1) is 5.92 Å². The third-order valence-electron chi connectivity index (χ3n) is 4.35. The largest absolute Gasteiger partial charge is 0.434 e. The van der Waals surface area contributed by atoms with Crippen LogP contribution in [0.25, 0.3) is 11.4 Å². The van der Waals surface area contributed by atoms with Crippen LogP contribution in [0.3, 0.4) is 0 Å². The maximum atomic E-state index is 12.5. The number of alkyl halides is 2. The Bertz CT molecular complexity index is 663. The van der Waals surface area contributed by atoms with Crippen molar-refractivity contribution in [3.8, 4) is 17.1 Å². The second-order valence-corrected chi connectivity index (χ2v) is 6.04. The van der Waals surface area contributed by atoms with Crippen LogP contribution in [0.1, 0.15) is 32.1 Å². The molecule has 0 radical (unpaired) electrons. The molecule has 5 nitrogen and oxygen atoms in total. The Labute approximate surface area is 139 Å². The number of piperidine rings is 1. The Morgan fingerprint density at radius 1 is 1.38 bits per heavy atom. The zero-order chi connectivity index (χ0) is 16.9. The molecule has 0 amide bonds. The fourth-order valence-corrected chi connectivity index (χ4v) is 3.10. The van der Waals surface area contributed by atoms with Gasteiger partial charge in [-0.25, -0.2) is 0 Å². The fourth-order valence-electron chi connectivity index (χ4n) is 3.10. The number of hydrogen-bond acceptors (Lipinski definition) is 5. The summed E-state index contributed by atoms with van der Waals surface area (Å²) in [5, 5.41) is 3.92. The predicted molar refractivity (Wildman–Crippen MR) is 84.7 cm³/mol. The number of hydrogen-bond donors (Lipinski definition) is 0. The summed E-state index contributed by atoms with van der Waals surface area (Å²) in [4.78, 5) is 6.65. The maximum absolute atomic E-state index is 12.5. The van der Waals surface area contributed by atoms with Crippen LogP contribution in [0.5, 0.6) is 5.75 Å². The van der Waals surface area contributed by atoms with E-state index in [1.54, 1.807) is 18.2 Å². The first-order valence-electron chi connectivity index (χ1n) is 8.25. The van der Waals surface area contributed by atoms with Crippen LogP contribution in [0.15, 0.2) is 28.8 Å². The molecule has 1 aromatic carbocycles. The smallest absolute Gasteiger partial charge is 0.387 e. The number of para-hydroxylation sites is 1. The van der Waals surface area contributed by atoms with Crippen molar-refractivity contribution in [1.82, 2.24) is 15.0 Å². The second kappa shape index (κ2) is 7.70. The first-order chi connectivity index (χ1) is 11.7. The molecule has 7 heteroatoms. The van der Waals surface area contributed by atoms with E-state index in [4.69, 9.17) is 4.52 Å². The summed E-state index contributed by atoms with van der Waals surface area (Å²) < 4.78 is 34.8. The van der Waals surface area contributed by atoms with Crippen molar-refractivity contribution in [2.75, 3.05) is 13.1 Å². The molecule has 1 aromatic heterocycles. The van der Waals surface area contributed by atoms with Gasteiger partial charge in [0, 0.05) is 6.54 Å². The molecule has 130 valence electrons. The molecule has 0 bridgehead atoms. The molecule has 2 aromatic rings. The average molecular weight is 337 g/mol. The number of benzene rings is 1. The molecule has 24 heavy (non-hydrogen) atoms. The number of likely N-dealkylation sites (tertiary alicyclic amines) is 1. The quantitative estimate of drug-likeness (QED) is 0.798. The van der Waals surface area contributed by atoms with E-state index in [9.17, 15) is 8.78 Å². The molecule has 0 saturated carbocycles. The van der Waals surface area contributed by atoms with Gasteiger partial charge < -0.3 is 9.26 Å². The van der Waals surface area contributed by atoms with Crippen LogP contribution in [-0.4, -0.2) is 34.7 Å². The maximum Gasteiger partial charge on any atom is 0.387 e. The van der Waals surface area contributed by atoms with Crippen molar-refractivity contribution in [1.29, 1.82) is 0 Å². The van der Waals surface area contributed by atoms with Gasteiger partial charge in [-0.05, 0) is 37.4 Å². The number of aromatic nitrogens is 2. The van der Waals surface area contributed by atoms with Crippen molar-refractivity contribution in [2.24, 2.45) is 5.92 Å². The van der Waals surface area contributed by atoms with Crippen LogP contribution >= 0.6 is 0 Å². The molecule has 1 saturated heterocycles. The minimum absolute atomic E-state index is 0.0452. The fraction of sp³-hybridized carbons (Fsp3) is 0.529. The zero-order valence-corrected chi connectivity index (χ0v) is 13.6. The molecule has 0 aliphatic carbocycles. The lowest BCUT2D eigenvalue weighted by Crippen LogP contribution is -2.34. The molecular formula is C17H21F2N3O2. The summed E-state index contributed by atoms with van der Waals surface area (Å²) in [7, 11) is 0. The van der Waals surface area contributed by atoms with Gasteiger partial charge in [-0.1, -0.05) is 30.6 Å². The summed E-state index contributed by atoms with van der Waals surface area (Å²) >= 11 is 0. The summed E-state index contributed by atoms with van der Waals surface area (Å²) in [6.45, 7) is 1.94. The van der Waals surface area contributed by atoms with Gasteiger partial charge in [0.1, 0.15) is 5.75 Å². The van der Waals surface area contributed by atoms with E-state index in [1.165, 1.54) is 25.3 Å². The van der Waals surface area contributed by atoms with Gasteiger partial charge in [-0.3, -0.25) is 4.90 Å². The number of halogens is 2. The average Bonchev–Trinajstić information content (AvgIpc) is 3.03. The Hall–Kier alpha value is -2.02. The van der Waals surface area contributed by atoms with Crippen LogP contribution in [0.4, 0.5) is 8.78 Å². The number of nitrogens with zero attached hydrogens (tertiary/aromatic N) is 3. The normalized spacial score (nSPS) is 18.9. The molecule has 1 aliphatic rings. The van der Waals surface area contributed by atoms with Crippen molar-refractivity contribution in [2.45, 2.75) is 39.3 Å².